The summed E-state index contributed by atoms with van der Waals surface area (Å²) in [5.41, 5.74) is 2.34. The number of fused-ring (bicyclic) bond motifs is 1. The van der Waals surface area contributed by atoms with Crippen LogP contribution in [0.5, 0.6) is 5.75 Å². The molecule has 0 spiro atoms. The number of hydrogen-bond acceptors (Lipinski definition) is 6. The third kappa shape index (κ3) is 4.45. The average molecular weight is 463 g/mol. The van der Waals surface area contributed by atoms with Gasteiger partial charge in [0, 0.05) is 25.0 Å². The van der Waals surface area contributed by atoms with Gasteiger partial charge in [-0.2, -0.15) is 10.0 Å². The Morgan fingerprint density at radius 1 is 1.15 bits per heavy atom. The quantitative estimate of drug-likeness (QED) is 0.660. The van der Waals surface area contributed by atoms with Crippen molar-refractivity contribution in [2.75, 3.05) is 19.7 Å². The first kappa shape index (κ1) is 21.5. The maximum Gasteiger partial charge on any atom is 0.283 e. The maximum absolute atomic E-state index is 12.7. The van der Waals surface area contributed by atoms with Crippen molar-refractivity contribution < 1.29 is 9.53 Å². The molecule has 1 fully saturated rings. The molecule has 9 heteroatoms. The number of nitrogens with zero attached hydrogens (tertiary/aromatic N) is 5. The molecule has 0 bridgehead atoms. The molecule has 0 saturated carbocycles. The van der Waals surface area contributed by atoms with E-state index in [4.69, 9.17) is 10.1 Å². The van der Waals surface area contributed by atoms with E-state index in [0.29, 0.717) is 18.3 Å². The van der Waals surface area contributed by atoms with Crippen molar-refractivity contribution in [3.05, 3.63) is 59.4 Å². The molecule has 1 saturated heterocycles. The normalized spacial score (nSPS) is 19.2. The molecule has 5 rings (SSSR count). The maximum atomic E-state index is 12.7. The fraction of sp³-hybridized carbons (Fsp3) is 0.333. The van der Waals surface area contributed by atoms with Gasteiger partial charge in [0.1, 0.15) is 12.4 Å². The predicted octanol–water partition coefficient (Wildman–Crippen LogP) is 3.80. The van der Waals surface area contributed by atoms with Crippen LogP contribution in [0.15, 0.2) is 58.3 Å². The van der Waals surface area contributed by atoms with Crippen LogP contribution in [0.3, 0.4) is 0 Å². The van der Waals surface area contributed by atoms with E-state index in [9.17, 15) is 4.79 Å². The lowest BCUT2D eigenvalue weighted by atomic mass is 10.1. The Morgan fingerprint density at radius 2 is 1.94 bits per heavy atom. The molecule has 1 amide bonds. The molecule has 4 heterocycles. The zero-order valence-corrected chi connectivity index (χ0v) is 19.3. The molecule has 170 valence electrons. The van der Waals surface area contributed by atoms with Crippen molar-refractivity contribution in [2.24, 2.45) is 10.1 Å². The topological polar surface area (TPSA) is 86.3 Å². The summed E-state index contributed by atoms with van der Waals surface area (Å²) in [5.74, 6) is 0.493. The summed E-state index contributed by atoms with van der Waals surface area (Å²) < 4.78 is 7.88. The lowest BCUT2D eigenvalue weighted by Gasteiger charge is -2.20. The Balaban J connectivity index is 1.28. The minimum Gasteiger partial charge on any atom is -0.492 e. The van der Waals surface area contributed by atoms with E-state index < -0.39 is 5.91 Å². The third-order valence-corrected chi connectivity index (χ3v) is 6.88. The number of benzene rings is 1. The zero-order chi connectivity index (χ0) is 22.8. The Bertz CT molecular complexity index is 1160. The van der Waals surface area contributed by atoms with Crippen LogP contribution in [-0.2, 0) is 17.8 Å². The highest BCUT2D eigenvalue weighted by molar-refractivity contribution is 8.26. The van der Waals surface area contributed by atoms with Gasteiger partial charge in [-0.3, -0.25) is 10.2 Å². The smallest absolute Gasteiger partial charge is 0.283 e. The van der Waals surface area contributed by atoms with Crippen molar-refractivity contribution in [3.8, 4) is 5.75 Å². The molecule has 3 aliphatic rings. The highest BCUT2D eigenvalue weighted by atomic mass is 32.2. The van der Waals surface area contributed by atoms with Gasteiger partial charge in [0.25, 0.3) is 5.91 Å². The number of aliphatic imine (C=N–C) groups is 1. The van der Waals surface area contributed by atoms with Crippen molar-refractivity contribution >= 4 is 39.9 Å². The molecule has 0 radical (unpaired) electrons. The Kier molecular flexibility index (Phi) is 6.04. The molecule has 0 unspecified atom stereocenters. The van der Waals surface area contributed by atoms with Crippen LogP contribution in [0, 0.1) is 5.41 Å². The minimum absolute atomic E-state index is 0.0618. The predicted molar refractivity (Wildman–Crippen MR) is 132 cm³/mol. The van der Waals surface area contributed by atoms with Crippen LogP contribution in [0.4, 0.5) is 0 Å². The molecular weight excluding hydrogens is 436 g/mol. The molecule has 8 nitrogen and oxygen atoms in total. The molecule has 2 aromatic rings. The highest BCUT2D eigenvalue weighted by Gasteiger charge is 2.37. The standard InChI is InChI=1S/C24H26N6O2S/c1-2-17-7-9-19(10-8-17)32-15-14-28-13-5-6-18(28)16-20-21(25)30-23(26-22(20)31)33-24(27-30)29-11-3-4-12-29/h5-10,13,16,25H,2-4,11-12,14-15H2,1H3/b20-16+,25-21?. The molecule has 1 N–H and O–H groups in total. The van der Waals surface area contributed by atoms with Crippen molar-refractivity contribution in [1.29, 1.82) is 5.41 Å². The van der Waals surface area contributed by atoms with E-state index in [1.165, 1.54) is 22.3 Å². The molecule has 1 aromatic heterocycles. The first-order chi connectivity index (χ1) is 16.1. The fourth-order valence-electron chi connectivity index (χ4n) is 4.01. The van der Waals surface area contributed by atoms with Gasteiger partial charge in [0.05, 0.1) is 12.1 Å². The molecule has 0 atom stereocenters. The number of thioether (sulfide) groups is 1. The van der Waals surface area contributed by atoms with E-state index in [-0.39, 0.29) is 11.4 Å². The van der Waals surface area contributed by atoms with Gasteiger partial charge >= 0.3 is 0 Å². The lowest BCUT2D eigenvalue weighted by Crippen LogP contribution is -2.35. The van der Waals surface area contributed by atoms with E-state index in [1.54, 1.807) is 6.08 Å². The number of hydrogen-bond donors (Lipinski definition) is 1. The van der Waals surface area contributed by atoms with Gasteiger partial charge in [0.2, 0.25) is 5.17 Å². The molecule has 0 aliphatic carbocycles. The monoisotopic (exact) mass is 462 g/mol. The molecule has 1 aromatic carbocycles. The number of aryl methyl sites for hydroxylation is 1. The first-order valence-electron chi connectivity index (χ1n) is 11.2. The zero-order valence-electron chi connectivity index (χ0n) is 18.5. The Labute approximate surface area is 197 Å². The van der Waals surface area contributed by atoms with E-state index in [0.717, 1.165) is 49.0 Å². The number of nitrogens with one attached hydrogen (secondary N) is 1. The van der Waals surface area contributed by atoms with Crippen molar-refractivity contribution in [2.45, 2.75) is 32.7 Å². The summed E-state index contributed by atoms with van der Waals surface area (Å²) in [5, 5.41) is 15.9. The van der Waals surface area contributed by atoms with E-state index >= 15 is 0 Å². The van der Waals surface area contributed by atoms with Crippen LogP contribution in [-0.4, -0.2) is 56.3 Å². The second-order valence-corrected chi connectivity index (χ2v) is 9.00. The average Bonchev–Trinajstić information content (AvgIpc) is 3.58. The fourth-order valence-corrected chi connectivity index (χ4v) is 4.96. The number of aromatic nitrogens is 1. The summed E-state index contributed by atoms with van der Waals surface area (Å²) in [7, 11) is 0. The second kappa shape index (κ2) is 9.27. The number of hydrazone groups is 1. The van der Waals surface area contributed by atoms with Crippen LogP contribution in [0.1, 0.15) is 31.0 Å². The van der Waals surface area contributed by atoms with Gasteiger partial charge < -0.3 is 14.2 Å². The highest BCUT2D eigenvalue weighted by Crippen LogP contribution is 2.30. The number of carbonyl (C=O) groups is 1. The number of rotatable bonds is 6. The number of likely N-dealkylation sites (tertiary alicyclic amines) is 1. The molecular formula is C24H26N6O2S. The summed E-state index contributed by atoms with van der Waals surface area (Å²) in [6.45, 7) is 5.15. The largest absolute Gasteiger partial charge is 0.492 e. The summed E-state index contributed by atoms with van der Waals surface area (Å²) in [6, 6.07) is 12.0. The molecule has 3 aliphatic heterocycles. The number of amides is 1. The van der Waals surface area contributed by atoms with Gasteiger partial charge in [-0.05, 0) is 66.9 Å². The summed E-state index contributed by atoms with van der Waals surface area (Å²) in [4.78, 5) is 19.1. The summed E-state index contributed by atoms with van der Waals surface area (Å²) in [6.07, 6.45) is 6.94. The first-order valence-corrected chi connectivity index (χ1v) is 12.1. The van der Waals surface area contributed by atoms with Gasteiger partial charge in [-0.15, -0.1) is 5.10 Å². The van der Waals surface area contributed by atoms with Crippen LogP contribution in [0.2, 0.25) is 0 Å². The van der Waals surface area contributed by atoms with Gasteiger partial charge in [-0.25, -0.2) is 0 Å². The van der Waals surface area contributed by atoms with Crippen LogP contribution < -0.4 is 4.74 Å². The number of amidine groups is 3. The van der Waals surface area contributed by atoms with Crippen LogP contribution in [0.25, 0.3) is 6.08 Å². The van der Waals surface area contributed by atoms with E-state index in [2.05, 4.69) is 34.1 Å². The van der Waals surface area contributed by atoms with Crippen molar-refractivity contribution in [3.63, 3.8) is 0 Å². The molecule has 33 heavy (non-hydrogen) atoms. The van der Waals surface area contributed by atoms with Gasteiger partial charge in [0.15, 0.2) is 11.0 Å². The van der Waals surface area contributed by atoms with Gasteiger partial charge in [-0.1, -0.05) is 19.1 Å². The SMILES string of the molecule is CCc1ccc(OCCn2cccc2/C=C2\C(=N)N3N=C(N4CCCC4)SC3=NC2=O)cc1. The van der Waals surface area contributed by atoms with E-state index in [1.807, 2.05) is 35.0 Å². The second-order valence-electron chi connectivity index (χ2n) is 8.07. The number of carbonyl (C=O) groups excluding carboxylic acids is 1. The number of ether oxygens (including phenoxy) is 1. The minimum atomic E-state index is -0.406. The van der Waals surface area contributed by atoms with Crippen molar-refractivity contribution in [1.82, 2.24) is 14.5 Å². The lowest BCUT2D eigenvalue weighted by molar-refractivity contribution is -0.114. The third-order valence-electron chi connectivity index (χ3n) is 5.91. The Morgan fingerprint density at radius 3 is 2.70 bits per heavy atom. The Hall–Kier alpha value is -3.33. The summed E-state index contributed by atoms with van der Waals surface area (Å²) >= 11 is 1.36. The van der Waals surface area contributed by atoms with Crippen LogP contribution >= 0.6 is 11.8 Å².